The van der Waals surface area contributed by atoms with Crippen LogP contribution in [0.1, 0.15) is 25.8 Å². The highest BCUT2D eigenvalue weighted by atomic mass is 32.2. The average Bonchev–Trinajstić information content (AvgIpc) is 3.45. The number of hydrogen-bond donors (Lipinski definition) is 1. The molecule has 1 saturated carbocycles. The molecule has 2 aromatic heterocycles. The fourth-order valence-electron chi connectivity index (χ4n) is 2.75. The van der Waals surface area contributed by atoms with Crippen LogP contribution in [0.5, 0.6) is 0 Å². The quantitative estimate of drug-likeness (QED) is 0.631. The Morgan fingerprint density at radius 2 is 1.93 bits per heavy atom. The summed E-state index contributed by atoms with van der Waals surface area (Å²) in [6.45, 7) is 1.73. The number of anilines is 1. The van der Waals surface area contributed by atoms with E-state index in [1.165, 1.54) is 17.8 Å². The van der Waals surface area contributed by atoms with Gasteiger partial charge < -0.3 is 5.32 Å². The van der Waals surface area contributed by atoms with Crippen LogP contribution in [0.15, 0.2) is 47.9 Å². The minimum Gasteiger partial charge on any atom is -0.325 e. The molecule has 1 aromatic carbocycles. The van der Waals surface area contributed by atoms with Crippen LogP contribution in [0.4, 0.5) is 14.5 Å². The van der Waals surface area contributed by atoms with Crippen molar-refractivity contribution in [2.24, 2.45) is 0 Å². The van der Waals surface area contributed by atoms with Crippen molar-refractivity contribution in [1.29, 1.82) is 0 Å². The highest BCUT2D eigenvalue weighted by Gasteiger charge is 2.31. The maximum absolute atomic E-state index is 13.3. The van der Waals surface area contributed by atoms with Gasteiger partial charge in [0.25, 0.3) is 0 Å². The Bertz CT molecular complexity index is 1010. The van der Waals surface area contributed by atoms with Gasteiger partial charge in [0.2, 0.25) is 5.91 Å². The van der Waals surface area contributed by atoms with Crippen LogP contribution >= 0.6 is 11.8 Å². The molecule has 9 heteroatoms. The average molecular weight is 401 g/mol. The van der Waals surface area contributed by atoms with E-state index in [-0.39, 0.29) is 11.6 Å². The van der Waals surface area contributed by atoms with Gasteiger partial charge in [0.15, 0.2) is 22.6 Å². The number of amides is 1. The molecule has 1 fully saturated rings. The molecule has 0 spiro atoms. The molecule has 0 bridgehead atoms. The molecule has 1 atom stereocenters. The van der Waals surface area contributed by atoms with E-state index < -0.39 is 16.9 Å². The number of pyridine rings is 1. The molecule has 4 rings (SSSR count). The molecular weight excluding hydrogens is 384 g/mol. The van der Waals surface area contributed by atoms with Crippen molar-refractivity contribution in [2.45, 2.75) is 36.2 Å². The van der Waals surface area contributed by atoms with Crippen molar-refractivity contribution < 1.29 is 13.6 Å². The number of rotatable bonds is 6. The van der Waals surface area contributed by atoms with Gasteiger partial charge in [-0.2, -0.15) is 0 Å². The second-order valence-corrected chi connectivity index (χ2v) is 7.83. The summed E-state index contributed by atoms with van der Waals surface area (Å²) in [5, 5.41) is 11.3. The van der Waals surface area contributed by atoms with Gasteiger partial charge in [0, 0.05) is 35.8 Å². The zero-order chi connectivity index (χ0) is 19.7. The second kappa shape index (κ2) is 7.67. The number of nitrogens with one attached hydrogen (secondary N) is 1. The zero-order valence-electron chi connectivity index (χ0n) is 15.0. The maximum atomic E-state index is 13.3. The van der Waals surface area contributed by atoms with Gasteiger partial charge in [0.05, 0.1) is 5.25 Å². The van der Waals surface area contributed by atoms with Crippen molar-refractivity contribution in [3.63, 3.8) is 0 Å². The molecule has 1 N–H and O–H groups in total. The number of benzene rings is 1. The van der Waals surface area contributed by atoms with E-state index in [2.05, 4.69) is 25.1 Å². The SMILES string of the molecule is C[C@H](Sc1nnc(-c2ccncc2)n1C1CC1)C(=O)Nc1ccc(F)c(F)c1. The van der Waals surface area contributed by atoms with E-state index in [0.717, 1.165) is 36.4 Å². The molecule has 1 aliphatic carbocycles. The Morgan fingerprint density at radius 3 is 2.61 bits per heavy atom. The summed E-state index contributed by atoms with van der Waals surface area (Å²) >= 11 is 1.28. The van der Waals surface area contributed by atoms with Crippen molar-refractivity contribution in [2.75, 3.05) is 5.32 Å². The fourth-order valence-corrected chi connectivity index (χ4v) is 3.67. The smallest absolute Gasteiger partial charge is 0.237 e. The normalized spacial score (nSPS) is 14.7. The third-order valence-corrected chi connectivity index (χ3v) is 5.41. The fraction of sp³-hybridized carbons (Fsp3) is 0.263. The van der Waals surface area contributed by atoms with Crippen LogP contribution in [0.25, 0.3) is 11.4 Å². The Morgan fingerprint density at radius 1 is 1.18 bits per heavy atom. The molecular formula is C19H17F2N5OS. The summed E-state index contributed by atoms with van der Waals surface area (Å²) in [6, 6.07) is 7.32. The number of carbonyl (C=O) groups is 1. The summed E-state index contributed by atoms with van der Waals surface area (Å²) in [7, 11) is 0. The Hall–Kier alpha value is -2.81. The van der Waals surface area contributed by atoms with Gasteiger partial charge in [-0.25, -0.2) is 8.78 Å². The molecule has 0 aliphatic heterocycles. The van der Waals surface area contributed by atoms with Gasteiger partial charge in [-0.05, 0) is 44.0 Å². The summed E-state index contributed by atoms with van der Waals surface area (Å²) in [5.41, 5.74) is 1.12. The zero-order valence-corrected chi connectivity index (χ0v) is 15.8. The molecule has 2 heterocycles. The topological polar surface area (TPSA) is 72.7 Å². The van der Waals surface area contributed by atoms with Gasteiger partial charge in [0.1, 0.15) is 0 Å². The molecule has 28 heavy (non-hydrogen) atoms. The van der Waals surface area contributed by atoms with Crippen molar-refractivity contribution in [3.8, 4) is 11.4 Å². The molecule has 0 unspecified atom stereocenters. The van der Waals surface area contributed by atoms with Gasteiger partial charge in [-0.1, -0.05) is 11.8 Å². The largest absolute Gasteiger partial charge is 0.325 e. The van der Waals surface area contributed by atoms with E-state index in [9.17, 15) is 13.6 Å². The van der Waals surface area contributed by atoms with Crippen LogP contribution in [0.2, 0.25) is 0 Å². The molecule has 6 nitrogen and oxygen atoms in total. The van der Waals surface area contributed by atoms with Crippen molar-refractivity contribution >= 4 is 23.4 Å². The Kier molecular flexibility index (Phi) is 5.08. The first-order chi connectivity index (χ1) is 13.5. The molecule has 1 aliphatic rings. The van der Waals surface area contributed by atoms with Crippen molar-refractivity contribution in [1.82, 2.24) is 19.7 Å². The third-order valence-electron chi connectivity index (χ3n) is 4.35. The predicted octanol–water partition coefficient (Wildman–Crippen LogP) is 4.07. The van der Waals surface area contributed by atoms with E-state index in [4.69, 9.17) is 0 Å². The van der Waals surface area contributed by atoms with Crippen LogP contribution in [0, 0.1) is 11.6 Å². The minimum absolute atomic E-state index is 0.206. The summed E-state index contributed by atoms with van der Waals surface area (Å²) < 4.78 is 28.4. The first-order valence-corrected chi connectivity index (χ1v) is 9.69. The van der Waals surface area contributed by atoms with Gasteiger partial charge >= 0.3 is 0 Å². The molecule has 3 aromatic rings. The lowest BCUT2D eigenvalue weighted by Gasteiger charge is -2.13. The Labute approximate surface area is 164 Å². The number of hydrogen-bond acceptors (Lipinski definition) is 5. The van der Waals surface area contributed by atoms with Crippen LogP contribution in [-0.2, 0) is 4.79 Å². The van der Waals surface area contributed by atoms with Crippen LogP contribution in [-0.4, -0.2) is 30.9 Å². The van der Waals surface area contributed by atoms with E-state index in [1.54, 1.807) is 19.3 Å². The van der Waals surface area contributed by atoms with E-state index in [0.29, 0.717) is 11.2 Å². The van der Waals surface area contributed by atoms with Crippen LogP contribution in [0.3, 0.4) is 0 Å². The van der Waals surface area contributed by atoms with Gasteiger partial charge in [-0.3, -0.25) is 14.3 Å². The first kappa shape index (κ1) is 18.5. The standard InChI is InChI=1S/C19H17F2N5OS/c1-11(18(27)23-13-2-5-15(20)16(21)10-13)28-19-25-24-17(26(19)14-3-4-14)12-6-8-22-9-7-12/h2,5-11,14H,3-4H2,1H3,(H,23,27)/t11-/m0/s1. The first-order valence-electron chi connectivity index (χ1n) is 8.81. The lowest BCUT2D eigenvalue weighted by Crippen LogP contribution is -2.23. The summed E-state index contributed by atoms with van der Waals surface area (Å²) in [6.07, 6.45) is 5.48. The number of thioether (sulfide) groups is 1. The number of halogens is 2. The highest BCUT2D eigenvalue weighted by molar-refractivity contribution is 8.00. The second-order valence-electron chi connectivity index (χ2n) is 6.52. The third kappa shape index (κ3) is 3.89. The summed E-state index contributed by atoms with van der Waals surface area (Å²) in [5.74, 6) is -1.54. The van der Waals surface area contributed by atoms with E-state index >= 15 is 0 Å². The Balaban J connectivity index is 1.51. The molecule has 0 radical (unpaired) electrons. The maximum Gasteiger partial charge on any atom is 0.237 e. The van der Waals surface area contributed by atoms with Crippen molar-refractivity contribution in [3.05, 3.63) is 54.4 Å². The van der Waals surface area contributed by atoms with Gasteiger partial charge in [-0.15, -0.1) is 10.2 Å². The highest BCUT2D eigenvalue weighted by Crippen LogP contribution is 2.41. The molecule has 144 valence electrons. The monoisotopic (exact) mass is 401 g/mol. The lowest BCUT2D eigenvalue weighted by molar-refractivity contribution is -0.115. The number of aromatic nitrogens is 4. The lowest BCUT2D eigenvalue weighted by atomic mass is 10.2. The minimum atomic E-state index is -1.01. The van der Waals surface area contributed by atoms with Crippen LogP contribution < -0.4 is 5.32 Å². The predicted molar refractivity (Wildman–Crippen MR) is 102 cm³/mol. The molecule has 1 amide bonds. The number of carbonyl (C=O) groups excluding carboxylic acids is 1. The molecule has 0 saturated heterocycles. The van der Waals surface area contributed by atoms with E-state index in [1.807, 2.05) is 12.1 Å². The number of nitrogens with zero attached hydrogens (tertiary/aromatic N) is 4. The summed E-state index contributed by atoms with van der Waals surface area (Å²) in [4.78, 5) is 16.5.